The van der Waals surface area contributed by atoms with Gasteiger partial charge in [-0.2, -0.15) is 0 Å². The number of nitrogens with one attached hydrogen (secondary N) is 1. The van der Waals surface area contributed by atoms with Crippen molar-refractivity contribution in [3.05, 3.63) is 26.4 Å². The Balaban J connectivity index is 3.56. The van der Waals surface area contributed by atoms with Crippen molar-refractivity contribution >= 4 is 20.5 Å². The van der Waals surface area contributed by atoms with Gasteiger partial charge in [0.25, 0.3) is 5.56 Å². The molecule has 0 fully saturated rings. The Morgan fingerprint density at radius 3 is 2.39 bits per heavy atom. The van der Waals surface area contributed by atoms with Crippen LogP contribution in [0, 0.1) is 6.92 Å². The number of hydrogen-bond acceptors (Lipinski definition) is 3. The van der Waals surface area contributed by atoms with Crippen molar-refractivity contribution in [1.29, 1.82) is 0 Å². The number of carbonyl (C=O) groups is 1. The topological polar surface area (TPSA) is 73.1 Å². The molecule has 1 heterocycles. The van der Waals surface area contributed by atoms with E-state index < -0.39 is 0 Å². The van der Waals surface area contributed by atoms with Crippen molar-refractivity contribution in [2.75, 3.05) is 12.0 Å². The molecule has 0 radical (unpaired) electrons. The maximum Gasteiger partial charge on any atom is 0.335 e. The first-order valence-corrected chi connectivity index (χ1v) is 7.26. The van der Waals surface area contributed by atoms with Gasteiger partial charge in [-0.3, -0.25) is 18.5 Å². The summed E-state index contributed by atoms with van der Waals surface area (Å²) in [5.74, 6) is 0.112. The lowest BCUT2D eigenvalue weighted by molar-refractivity contribution is -0.115. The third kappa shape index (κ3) is 2.53. The van der Waals surface area contributed by atoms with E-state index in [0.717, 1.165) is 0 Å². The van der Waals surface area contributed by atoms with Crippen LogP contribution in [-0.2, 0) is 11.3 Å². The van der Waals surface area contributed by atoms with Gasteiger partial charge in [-0.15, -0.1) is 0 Å². The van der Waals surface area contributed by atoms with Crippen LogP contribution in [0.2, 0.25) is 0 Å². The van der Waals surface area contributed by atoms with Crippen LogP contribution in [0.5, 0.6) is 0 Å². The minimum Gasteiger partial charge on any atom is -0.311 e. The van der Waals surface area contributed by atoms with E-state index in [1.807, 2.05) is 6.66 Å². The zero-order valence-electron chi connectivity index (χ0n) is 11.0. The summed E-state index contributed by atoms with van der Waals surface area (Å²) in [5.41, 5.74) is -0.323. The molecular formula is C11H18N3O3P. The SMILES string of the molecule is CCC(=O)Nc1c(C)c(=O)n(CC)c(=O)n1PC. The van der Waals surface area contributed by atoms with Gasteiger partial charge in [-0.05, 0) is 29.2 Å². The van der Waals surface area contributed by atoms with E-state index in [1.165, 1.54) is 8.90 Å². The highest BCUT2D eigenvalue weighted by Crippen LogP contribution is 2.17. The number of anilines is 1. The first-order valence-electron chi connectivity index (χ1n) is 5.81. The Morgan fingerprint density at radius 1 is 1.33 bits per heavy atom. The number of nitrogens with zero attached hydrogens (tertiary/aromatic N) is 2. The Bertz CT molecular complexity index is 574. The van der Waals surface area contributed by atoms with Crippen LogP contribution in [0.1, 0.15) is 25.8 Å². The van der Waals surface area contributed by atoms with Crippen molar-refractivity contribution in [2.24, 2.45) is 0 Å². The molecular weight excluding hydrogens is 253 g/mol. The molecule has 100 valence electrons. The number of hydrogen-bond donors (Lipinski definition) is 1. The van der Waals surface area contributed by atoms with Crippen LogP contribution in [0.3, 0.4) is 0 Å². The van der Waals surface area contributed by atoms with E-state index in [4.69, 9.17) is 0 Å². The average molecular weight is 271 g/mol. The number of amides is 1. The summed E-state index contributed by atoms with van der Waals surface area (Å²) >= 11 is 0. The molecule has 7 heteroatoms. The predicted octanol–water partition coefficient (Wildman–Crippen LogP) is 0.758. The third-order valence-electron chi connectivity index (χ3n) is 2.69. The molecule has 0 bridgehead atoms. The molecule has 6 nitrogen and oxygen atoms in total. The molecule has 1 rings (SSSR count). The van der Waals surface area contributed by atoms with Crippen LogP contribution >= 0.6 is 8.73 Å². The minimum absolute atomic E-state index is 0.151. The standard InChI is InChI=1S/C11H18N3O3P/c1-5-8(15)12-9-7(3)10(16)13(6-2)11(17)14(9)18-4/h18H,5-6H2,1-4H3,(H,12,15). The highest BCUT2D eigenvalue weighted by Gasteiger charge is 2.15. The number of rotatable bonds is 4. The summed E-state index contributed by atoms with van der Waals surface area (Å²) in [7, 11) is 0.151. The van der Waals surface area contributed by atoms with Crippen LogP contribution in [-0.4, -0.2) is 21.5 Å². The molecule has 1 unspecified atom stereocenters. The first kappa shape index (κ1) is 14.6. The van der Waals surface area contributed by atoms with Gasteiger partial charge in [0.2, 0.25) is 5.91 Å². The van der Waals surface area contributed by atoms with Gasteiger partial charge in [-0.1, -0.05) is 6.92 Å². The molecule has 0 aliphatic rings. The van der Waals surface area contributed by atoms with Gasteiger partial charge >= 0.3 is 5.69 Å². The van der Waals surface area contributed by atoms with E-state index in [-0.39, 0.29) is 25.9 Å². The van der Waals surface area contributed by atoms with Crippen LogP contribution < -0.4 is 16.6 Å². The third-order valence-corrected chi connectivity index (χ3v) is 3.55. The van der Waals surface area contributed by atoms with E-state index in [9.17, 15) is 14.4 Å². The van der Waals surface area contributed by atoms with Gasteiger partial charge in [-0.25, -0.2) is 4.79 Å². The Morgan fingerprint density at radius 2 is 1.94 bits per heavy atom. The highest BCUT2D eigenvalue weighted by atomic mass is 31.1. The normalized spacial score (nSPS) is 11.1. The summed E-state index contributed by atoms with van der Waals surface area (Å²) in [6, 6.07) is 0. The molecule has 1 aromatic rings. The predicted molar refractivity (Wildman–Crippen MR) is 73.9 cm³/mol. The quantitative estimate of drug-likeness (QED) is 0.822. The van der Waals surface area contributed by atoms with Crippen molar-refractivity contribution in [3.63, 3.8) is 0 Å². The van der Waals surface area contributed by atoms with E-state index >= 15 is 0 Å². The zero-order valence-corrected chi connectivity index (χ0v) is 12.0. The summed E-state index contributed by atoms with van der Waals surface area (Å²) in [4.78, 5) is 35.5. The Labute approximate surface area is 107 Å². The fourth-order valence-electron chi connectivity index (χ4n) is 1.63. The summed E-state index contributed by atoms with van der Waals surface area (Å²) in [6.07, 6.45) is 0.303. The Hall–Kier alpha value is -1.42. The molecule has 1 amide bonds. The van der Waals surface area contributed by atoms with Crippen molar-refractivity contribution in [2.45, 2.75) is 33.7 Å². The summed E-state index contributed by atoms with van der Waals surface area (Å²) < 4.78 is 2.61. The zero-order chi connectivity index (χ0) is 13.9. The maximum atomic E-state index is 12.1. The number of aromatic nitrogens is 2. The van der Waals surface area contributed by atoms with E-state index in [2.05, 4.69) is 5.32 Å². The van der Waals surface area contributed by atoms with Crippen molar-refractivity contribution in [1.82, 2.24) is 8.90 Å². The maximum absolute atomic E-state index is 12.1. The van der Waals surface area contributed by atoms with E-state index in [1.54, 1.807) is 20.8 Å². The largest absolute Gasteiger partial charge is 0.335 e. The smallest absolute Gasteiger partial charge is 0.311 e. The molecule has 1 aromatic heterocycles. The van der Waals surface area contributed by atoms with E-state index in [0.29, 0.717) is 24.3 Å². The molecule has 0 aliphatic heterocycles. The molecule has 1 N–H and O–H groups in total. The molecule has 1 atom stereocenters. The average Bonchev–Trinajstić information content (AvgIpc) is 2.36. The molecule has 0 spiro atoms. The van der Waals surface area contributed by atoms with Gasteiger partial charge < -0.3 is 5.32 Å². The highest BCUT2D eigenvalue weighted by molar-refractivity contribution is 7.35. The lowest BCUT2D eigenvalue weighted by atomic mass is 10.3. The molecule has 18 heavy (non-hydrogen) atoms. The summed E-state index contributed by atoms with van der Waals surface area (Å²) in [5, 5.41) is 2.63. The second-order valence-electron chi connectivity index (χ2n) is 3.77. The lowest BCUT2D eigenvalue weighted by Crippen LogP contribution is -2.40. The fraction of sp³-hybridized carbons (Fsp3) is 0.545. The lowest BCUT2D eigenvalue weighted by Gasteiger charge is -2.16. The van der Waals surface area contributed by atoms with Crippen molar-refractivity contribution in [3.8, 4) is 0 Å². The molecule has 0 saturated carbocycles. The molecule has 0 aromatic carbocycles. The summed E-state index contributed by atoms with van der Waals surface area (Å²) in [6.45, 7) is 7.23. The molecule has 0 aliphatic carbocycles. The first-order chi connectivity index (χ1) is 8.47. The second-order valence-corrected chi connectivity index (χ2v) is 4.66. The second kappa shape index (κ2) is 5.96. The van der Waals surface area contributed by atoms with Crippen LogP contribution in [0.15, 0.2) is 9.59 Å². The van der Waals surface area contributed by atoms with Gasteiger partial charge in [0.05, 0.1) is 5.56 Å². The van der Waals surface area contributed by atoms with Gasteiger partial charge in [0.1, 0.15) is 5.82 Å². The van der Waals surface area contributed by atoms with Crippen LogP contribution in [0.25, 0.3) is 0 Å². The van der Waals surface area contributed by atoms with Crippen molar-refractivity contribution < 1.29 is 4.79 Å². The van der Waals surface area contributed by atoms with Crippen LogP contribution in [0.4, 0.5) is 5.82 Å². The monoisotopic (exact) mass is 271 g/mol. The molecule has 0 saturated heterocycles. The Kier molecular flexibility index (Phi) is 4.84. The number of carbonyl (C=O) groups excluding carboxylic acids is 1. The minimum atomic E-state index is -0.375. The van der Waals surface area contributed by atoms with Gasteiger partial charge in [0, 0.05) is 13.0 Å². The van der Waals surface area contributed by atoms with Gasteiger partial charge in [0.15, 0.2) is 0 Å². The fourth-order valence-corrected chi connectivity index (χ4v) is 2.39.